The van der Waals surface area contributed by atoms with E-state index in [0.29, 0.717) is 18.1 Å². The van der Waals surface area contributed by atoms with Gasteiger partial charge in [-0.1, -0.05) is 6.07 Å². The zero-order valence-corrected chi connectivity index (χ0v) is 14.5. The summed E-state index contributed by atoms with van der Waals surface area (Å²) in [5, 5.41) is 2.91. The summed E-state index contributed by atoms with van der Waals surface area (Å²) in [6.07, 6.45) is 6.36. The molecule has 0 unspecified atom stereocenters. The van der Waals surface area contributed by atoms with Crippen molar-refractivity contribution in [2.45, 2.75) is 46.1 Å². The van der Waals surface area contributed by atoms with Gasteiger partial charge >= 0.3 is 0 Å². The largest absolute Gasteiger partial charge is 0.343 e. The predicted octanol–water partition coefficient (Wildman–Crippen LogP) is 2.55. The number of pyridine rings is 1. The van der Waals surface area contributed by atoms with Crippen molar-refractivity contribution in [2.24, 2.45) is 0 Å². The molecule has 6 heteroatoms. The van der Waals surface area contributed by atoms with E-state index in [1.807, 2.05) is 42.6 Å². The van der Waals surface area contributed by atoms with E-state index >= 15 is 0 Å². The monoisotopic (exact) mass is 335 g/mol. The summed E-state index contributed by atoms with van der Waals surface area (Å²) in [7, 11) is 0. The van der Waals surface area contributed by atoms with Crippen molar-refractivity contribution in [1.29, 1.82) is 0 Å². The molecule has 1 N–H and O–H groups in total. The summed E-state index contributed by atoms with van der Waals surface area (Å²) >= 11 is 0. The molecule has 4 rings (SSSR count). The van der Waals surface area contributed by atoms with Crippen molar-refractivity contribution in [3.05, 3.63) is 58.6 Å². The molecular weight excluding hydrogens is 314 g/mol. The highest BCUT2D eigenvalue weighted by Gasteiger charge is 2.18. The Labute approximate surface area is 146 Å². The summed E-state index contributed by atoms with van der Waals surface area (Å²) in [5.74, 6) is 0.480. The predicted molar refractivity (Wildman–Crippen MR) is 94.5 cm³/mol. The van der Waals surface area contributed by atoms with Crippen molar-refractivity contribution in [1.82, 2.24) is 24.7 Å². The van der Waals surface area contributed by atoms with Gasteiger partial charge in [0.1, 0.15) is 17.2 Å². The maximum Gasteiger partial charge on any atom is 0.272 e. The Morgan fingerprint density at radius 2 is 2.00 bits per heavy atom. The molecule has 0 fully saturated rings. The minimum Gasteiger partial charge on any atom is -0.343 e. The third kappa shape index (κ3) is 2.88. The van der Waals surface area contributed by atoms with Crippen LogP contribution in [0.2, 0.25) is 0 Å². The fourth-order valence-electron chi connectivity index (χ4n) is 3.50. The van der Waals surface area contributed by atoms with Crippen LogP contribution in [0.1, 0.15) is 51.8 Å². The molecule has 1 aliphatic carbocycles. The summed E-state index contributed by atoms with van der Waals surface area (Å²) in [6, 6.07) is 5.72. The van der Waals surface area contributed by atoms with E-state index in [-0.39, 0.29) is 5.91 Å². The van der Waals surface area contributed by atoms with Gasteiger partial charge in [-0.15, -0.1) is 0 Å². The second kappa shape index (κ2) is 6.27. The summed E-state index contributed by atoms with van der Waals surface area (Å²) in [6.45, 7) is 4.25. The lowest BCUT2D eigenvalue weighted by atomic mass is 9.95. The van der Waals surface area contributed by atoms with Gasteiger partial charge in [-0.25, -0.2) is 15.0 Å². The molecular formula is C19H21N5O. The van der Waals surface area contributed by atoms with Crippen LogP contribution in [0.25, 0.3) is 5.65 Å². The fraction of sp³-hybridized carbons (Fsp3) is 0.368. The van der Waals surface area contributed by atoms with Crippen LogP contribution in [-0.2, 0) is 19.4 Å². The number of fused-ring (bicyclic) bond motifs is 2. The van der Waals surface area contributed by atoms with E-state index in [0.717, 1.165) is 35.6 Å². The van der Waals surface area contributed by atoms with Crippen LogP contribution in [0.5, 0.6) is 0 Å². The third-order valence-corrected chi connectivity index (χ3v) is 4.83. The van der Waals surface area contributed by atoms with E-state index in [4.69, 9.17) is 0 Å². The highest BCUT2D eigenvalue weighted by molar-refractivity contribution is 5.94. The van der Waals surface area contributed by atoms with Crippen molar-refractivity contribution in [2.75, 3.05) is 0 Å². The van der Waals surface area contributed by atoms with Crippen LogP contribution in [0, 0.1) is 13.8 Å². The molecule has 0 saturated carbocycles. The third-order valence-electron chi connectivity index (χ3n) is 4.83. The first kappa shape index (κ1) is 15.7. The van der Waals surface area contributed by atoms with Gasteiger partial charge in [0.05, 0.1) is 12.2 Å². The first-order valence-electron chi connectivity index (χ1n) is 8.70. The second-order valence-corrected chi connectivity index (χ2v) is 6.51. The maximum absolute atomic E-state index is 12.5. The topological polar surface area (TPSA) is 72.2 Å². The zero-order chi connectivity index (χ0) is 17.4. The maximum atomic E-state index is 12.5. The van der Waals surface area contributed by atoms with Gasteiger partial charge in [0.2, 0.25) is 0 Å². The molecule has 0 spiro atoms. The van der Waals surface area contributed by atoms with E-state index in [1.54, 1.807) is 0 Å². The molecule has 25 heavy (non-hydrogen) atoms. The number of nitrogens with one attached hydrogen (secondary N) is 1. The van der Waals surface area contributed by atoms with Crippen molar-refractivity contribution in [3.63, 3.8) is 0 Å². The molecule has 3 aromatic rings. The Kier molecular flexibility index (Phi) is 3.95. The molecule has 0 bridgehead atoms. The normalized spacial score (nSPS) is 13.7. The number of carbonyl (C=O) groups is 1. The Bertz CT molecular complexity index is 960. The number of hydrogen-bond donors (Lipinski definition) is 1. The Balaban J connectivity index is 1.53. The van der Waals surface area contributed by atoms with Crippen LogP contribution in [-0.4, -0.2) is 25.3 Å². The molecule has 0 atom stereocenters. The molecule has 0 aliphatic heterocycles. The molecule has 0 saturated heterocycles. The Morgan fingerprint density at radius 3 is 2.84 bits per heavy atom. The van der Waals surface area contributed by atoms with Crippen LogP contribution in [0.15, 0.2) is 24.4 Å². The minimum atomic E-state index is -0.194. The lowest BCUT2D eigenvalue weighted by molar-refractivity contribution is 0.0944. The summed E-state index contributed by atoms with van der Waals surface area (Å²) in [4.78, 5) is 26.2. The van der Waals surface area contributed by atoms with Gasteiger partial charge in [0, 0.05) is 17.6 Å². The first-order valence-corrected chi connectivity index (χ1v) is 8.70. The number of aryl methyl sites for hydroxylation is 3. The Morgan fingerprint density at radius 1 is 1.16 bits per heavy atom. The van der Waals surface area contributed by atoms with Crippen molar-refractivity contribution < 1.29 is 4.79 Å². The molecule has 1 amide bonds. The molecule has 3 heterocycles. The zero-order valence-electron chi connectivity index (χ0n) is 14.5. The van der Waals surface area contributed by atoms with Gasteiger partial charge in [-0.3, -0.25) is 4.79 Å². The highest BCUT2D eigenvalue weighted by atomic mass is 16.1. The number of amides is 1. The average molecular weight is 335 g/mol. The fourth-order valence-corrected chi connectivity index (χ4v) is 3.50. The van der Waals surface area contributed by atoms with Crippen LogP contribution < -0.4 is 5.32 Å². The quantitative estimate of drug-likeness (QED) is 0.798. The number of hydrogen-bond acceptors (Lipinski definition) is 4. The molecule has 0 aromatic carbocycles. The number of carbonyl (C=O) groups excluding carboxylic acids is 1. The van der Waals surface area contributed by atoms with Crippen LogP contribution in [0.3, 0.4) is 0 Å². The minimum absolute atomic E-state index is 0.194. The van der Waals surface area contributed by atoms with Gasteiger partial charge in [-0.05, 0) is 57.2 Å². The van der Waals surface area contributed by atoms with Gasteiger partial charge in [0.15, 0.2) is 0 Å². The standard InChI is InChI=1S/C19H21N5O/c1-12-14-7-3-4-8-15(14)22-16(21-12)11-20-19(25)18-13(2)24-10-6-5-9-17(24)23-18/h5-6,9-10H,3-4,7-8,11H2,1-2H3,(H,20,25). The van der Waals surface area contributed by atoms with E-state index in [9.17, 15) is 4.79 Å². The summed E-state index contributed by atoms with van der Waals surface area (Å²) in [5.41, 5.74) is 5.52. The van der Waals surface area contributed by atoms with E-state index < -0.39 is 0 Å². The van der Waals surface area contributed by atoms with Crippen molar-refractivity contribution in [3.8, 4) is 0 Å². The second-order valence-electron chi connectivity index (χ2n) is 6.51. The lowest BCUT2D eigenvalue weighted by Gasteiger charge is -2.17. The van der Waals surface area contributed by atoms with Gasteiger partial charge in [-0.2, -0.15) is 0 Å². The Hall–Kier alpha value is -2.76. The van der Waals surface area contributed by atoms with Gasteiger partial charge < -0.3 is 9.72 Å². The SMILES string of the molecule is Cc1nc(CNC(=O)c2nc3ccccn3c2C)nc2c1CCCC2. The number of nitrogens with zero attached hydrogens (tertiary/aromatic N) is 4. The molecule has 0 radical (unpaired) electrons. The average Bonchev–Trinajstić information content (AvgIpc) is 2.97. The highest BCUT2D eigenvalue weighted by Crippen LogP contribution is 2.21. The number of rotatable bonds is 3. The summed E-state index contributed by atoms with van der Waals surface area (Å²) < 4.78 is 1.91. The van der Waals surface area contributed by atoms with Gasteiger partial charge in [0.25, 0.3) is 5.91 Å². The van der Waals surface area contributed by atoms with Crippen LogP contribution >= 0.6 is 0 Å². The molecule has 3 aromatic heterocycles. The number of aromatic nitrogens is 4. The molecule has 6 nitrogen and oxygen atoms in total. The molecule has 128 valence electrons. The first-order chi connectivity index (χ1) is 12.1. The van der Waals surface area contributed by atoms with E-state index in [2.05, 4.69) is 20.3 Å². The van der Waals surface area contributed by atoms with Crippen LogP contribution in [0.4, 0.5) is 0 Å². The van der Waals surface area contributed by atoms with Crippen molar-refractivity contribution >= 4 is 11.6 Å². The number of imidazole rings is 1. The van der Waals surface area contributed by atoms with E-state index in [1.165, 1.54) is 18.4 Å². The smallest absolute Gasteiger partial charge is 0.272 e. The lowest BCUT2D eigenvalue weighted by Crippen LogP contribution is -2.26. The molecule has 1 aliphatic rings.